The molecule has 6 N–H and O–H groups in total. The van der Waals surface area contributed by atoms with Crippen LogP contribution in [0.25, 0.3) is 22.5 Å². The Bertz CT molecular complexity index is 1610. The molecule has 46 heavy (non-hydrogen) atoms. The van der Waals surface area contributed by atoms with Gasteiger partial charge in [0.15, 0.2) is 0 Å². The van der Waals surface area contributed by atoms with Crippen molar-refractivity contribution in [3.8, 4) is 22.5 Å². The van der Waals surface area contributed by atoms with E-state index in [2.05, 4.69) is 43.8 Å². The third-order valence-corrected chi connectivity index (χ3v) is 9.39. The number of aromatic amines is 1. The van der Waals surface area contributed by atoms with Gasteiger partial charge >= 0.3 is 0 Å². The molecule has 240 valence electrons. The molecule has 2 fully saturated rings. The van der Waals surface area contributed by atoms with Crippen molar-refractivity contribution in [3.63, 3.8) is 0 Å². The van der Waals surface area contributed by atoms with Crippen molar-refractivity contribution in [2.75, 3.05) is 42.5 Å². The number of carbonyl (C=O) groups is 2. The van der Waals surface area contributed by atoms with Gasteiger partial charge in [0.05, 0.1) is 0 Å². The normalized spacial score (nSPS) is 19.0. The number of aromatic nitrogens is 5. The number of nitrogens with two attached hydrogens (primary N) is 2. The molecule has 0 spiro atoms. The van der Waals surface area contributed by atoms with Crippen LogP contribution in [0.1, 0.15) is 36.8 Å². The number of H-pyrrole nitrogens is 1. The molecule has 4 aromatic rings. The lowest BCUT2D eigenvalue weighted by molar-refractivity contribution is -0.127. The molecule has 0 radical (unpaired) electrons. The summed E-state index contributed by atoms with van der Waals surface area (Å²) in [7, 11) is 0. The summed E-state index contributed by atoms with van der Waals surface area (Å²) in [6, 6.07) is 16.6. The van der Waals surface area contributed by atoms with Crippen molar-refractivity contribution in [1.29, 1.82) is 0 Å². The predicted molar refractivity (Wildman–Crippen MR) is 178 cm³/mol. The van der Waals surface area contributed by atoms with Crippen LogP contribution in [0, 0.1) is 18.8 Å². The lowest BCUT2D eigenvalue weighted by Gasteiger charge is -2.35. The van der Waals surface area contributed by atoms with E-state index in [0.717, 1.165) is 85.5 Å². The van der Waals surface area contributed by atoms with Crippen LogP contribution in [-0.2, 0) is 16.0 Å². The van der Waals surface area contributed by atoms with Crippen LogP contribution in [0.15, 0.2) is 60.8 Å². The Morgan fingerprint density at radius 2 is 1.70 bits per heavy atom. The molecule has 6 rings (SSSR count). The summed E-state index contributed by atoms with van der Waals surface area (Å²) in [5.41, 5.74) is 17.5. The molecule has 1 saturated carbocycles. The van der Waals surface area contributed by atoms with E-state index in [0.29, 0.717) is 24.0 Å². The second-order valence-electron chi connectivity index (χ2n) is 12.4. The van der Waals surface area contributed by atoms with Crippen molar-refractivity contribution in [2.45, 2.75) is 45.1 Å². The van der Waals surface area contributed by atoms with Gasteiger partial charge in [-0.2, -0.15) is 5.21 Å². The summed E-state index contributed by atoms with van der Waals surface area (Å²) in [6.45, 7) is 6.53. The predicted octanol–water partition coefficient (Wildman–Crippen LogP) is 2.84. The summed E-state index contributed by atoms with van der Waals surface area (Å²) in [5.74, 6) is 1.02. The smallest absolute Gasteiger partial charge is 0.240 e. The van der Waals surface area contributed by atoms with Gasteiger partial charge in [0, 0.05) is 61.5 Å². The van der Waals surface area contributed by atoms with E-state index >= 15 is 0 Å². The molecule has 2 aromatic heterocycles. The molecule has 1 aliphatic carbocycles. The minimum Gasteiger partial charge on any atom is -0.368 e. The molecule has 1 atom stereocenters. The first-order valence-electron chi connectivity index (χ1n) is 16.1. The maximum Gasteiger partial charge on any atom is 0.240 e. The van der Waals surface area contributed by atoms with E-state index in [-0.39, 0.29) is 18.2 Å². The molecule has 1 saturated heterocycles. The van der Waals surface area contributed by atoms with Gasteiger partial charge in [-0.1, -0.05) is 24.3 Å². The first-order valence-corrected chi connectivity index (χ1v) is 16.1. The van der Waals surface area contributed by atoms with Crippen molar-refractivity contribution in [1.82, 2.24) is 30.9 Å². The summed E-state index contributed by atoms with van der Waals surface area (Å²) < 4.78 is 0. The van der Waals surface area contributed by atoms with E-state index < -0.39 is 11.9 Å². The van der Waals surface area contributed by atoms with Crippen LogP contribution >= 0.6 is 0 Å². The number of piperazine rings is 1. The number of aryl methyl sites for hydroxylation is 1. The fraction of sp³-hybridized carbons (Fsp3) is 0.412. The number of primary amides is 1. The van der Waals surface area contributed by atoms with E-state index in [1.54, 1.807) is 4.90 Å². The molecule has 2 aromatic carbocycles. The summed E-state index contributed by atoms with van der Waals surface area (Å²) >= 11 is 0. The number of pyridine rings is 1. The van der Waals surface area contributed by atoms with Gasteiger partial charge in [-0.05, 0) is 97.3 Å². The first kappa shape index (κ1) is 31.3. The molecule has 2 aliphatic rings. The van der Waals surface area contributed by atoms with Gasteiger partial charge in [-0.15, -0.1) is 10.2 Å². The standard InChI is InChI=1S/C34H42N10O2/c1-22-18-31(43-16-14-37-15-17-43)38-21-29(22)25-6-2-23(3-7-25)19-30(32(36)45)44(34(46)27-8-4-24(20-35)5-9-27)28-12-10-26(11-13-28)33-39-41-42-40-33/h2-3,6-7,10-13,18,21,24,27,30,37H,4-5,8-9,14-17,19-20,35H2,1H3,(H2,36,45)(H,39,40,41,42)/t24?,27?,30-/m0/s1. The van der Waals surface area contributed by atoms with Crippen LogP contribution < -0.4 is 26.6 Å². The van der Waals surface area contributed by atoms with Crippen LogP contribution in [0.3, 0.4) is 0 Å². The molecule has 0 bridgehead atoms. The second kappa shape index (κ2) is 14.2. The van der Waals surface area contributed by atoms with Gasteiger partial charge in [0.25, 0.3) is 0 Å². The Morgan fingerprint density at radius 3 is 2.30 bits per heavy atom. The van der Waals surface area contributed by atoms with Gasteiger partial charge in [0.2, 0.25) is 17.6 Å². The monoisotopic (exact) mass is 622 g/mol. The van der Waals surface area contributed by atoms with E-state index in [9.17, 15) is 9.59 Å². The van der Waals surface area contributed by atoms with Crippen molar-refractivity contribution in [3.05, 3.63) is 71.9 Å². The third kappa shape index (κ3) is 6.92. The number of carbonyl (C=O) groups excluding carboxylic acids is 2. The van der Waals surface area contributed by atoms with Gasteiger partial charge in [-0.3, -0.25) is 14.5 Å². The van der Waals surface area contributed by atoms with Gasteiger partial charge < -0.3 is 21.7 Å². The zero-order valence-corrected chi connectivity index (χ0v) is 26.2. The van der Waals surface area contributed by atoms with Crippen molar-refractivity contribution in [2.24, 2.45) is 23.3 Å². The molecule has 12 nitrogen and oxygen atoms in total. The highest BCUT2D eigenvalue weighted by molar-refractivity contribution is 6.01. The molecule has 1 aliphatic heterocycles. The largest absolute Gasteiger partial charge is 0.368 e. The molecule has 12 heteroatoms. The molecular formula is C34H42N10O2. The number of rotatable bonds is 10. The van der Waals surface area contributed by atoms with Gasteiger partial charge in [-0.25, -0.2) is 4.98 Å². The van der Waals surface area contributed by atoms with E-state index in [1.807, 2.05) is 54.7 Å². The summed E-state index contributed by atoms with van der Waals surface area (Å²) in [4.78, 5) is 36.0. The average molecular weight is 623 g/mol. The number of benzene rings is 2. The Hall–Kier alpha value is -4.68. The molecule has 3 heterocycles. The zero-order chi connectivity index (χ0) is 32.0. The highest BCUT2D eigenvalue weighted by atomic mass is 16.2. The number of hydrogen-bond donors (Lipinski definition) is 4. The lowest BCUT2D eigenvalue weighted by Crippen LogP contribution is -2.52. The number of anilines is 2. The highest BCUT2D eigenvalue weighted by Gasteiger charge is 2.36. The van der Waals surface area contributed by atoms with Crippen LogP contribution in [0.4, 0.5) is 11.5 Å². The lowest BCUT2D eigenvalue weighted by atomic mass is 9.81. The molecule has 0 unspecified atom stereocenters. The number of amides is 2. The van der Waals surface area contributed by atoms with Crippen molar-refractivity contribution < 1.29 is 9.59 Å². The van der Waals surface area contributed by atoms with E-state index in [1.165, 1.54) is 0 Å². The molecule has 2 amide bonds. The SMILES string of the molecule is Cc1cc(N2CCNCC2)ncc1-c1ccc(C[C@@H](C(N)=O)N(C(=O)C2CCC(CN)CC2)c2ccc(-c3nn[nH]n3)cc2)cc1. The highest BCUT2D eigenvalue weighted by Crippen LogP contribution is 2.33. The number of tetrazole rings is 1. The topological polar surface area (TPSA) is 172 Å². The van der Waals surface area contributed by atoms with Gasteiger partial charge in [0.1, 0.15) is 11.9 Å². The Balaban J connectivity index is 1.25. The van der Waals surface area contributed by atoms with Crippen LogP contribution in [0.2, 0.25) is 0 Å². The zero-order valence-electron chi connectivity index (χ0n) is 26.2. The summed E-state index contributed by atoms with van der Waals surface area (Å²) in [6.07, 6.45) is 5.48. The first-order chi connectivity index (χ1) is 22.4. The fourth-order valence-electron chi connectivity index (χ4n) is 6.63. The quantitative estimate of drug-likeness (QED) is 0.208. The van der Waals surface area contributed by atoms with Crippen LogP contribution in [0.5, 0.6) is 0 Å². The number of hydrogen-bond acceptors (Lipinski definition) is 9. The Morgan fingerprint density at radius 1 is 1.00 bits per heavy atom. The van der Waals surface area contributed by atoms with Crippen molar-refractivity contribution >= 4 is 23.3 Å². The third-order valence-electron chi connectivity index (χ3n) is 9.39. The maximum atomic E-state index is 14.2. The minimum atomic E-state index is -0.872. The minimum absolute atomic E-state index is 0.0884. The van der Waals surface area contributed by atoms with E-state index in [4.69, 9.17) is 16.5 Å². The number of nitrogens with one attached hydrogen (secondary N) is 2. The Kier molecular flexibility index (Phi) is 9.65. The fourth-order valence-corrected chi connectivity index (χ4v) is 6.63. The molecular weight excluding hydrogens is 580 g/mol. The number of nitrogens with zero attached hydrogens (tertiary/aromatic N) is 6. The Labute approximate surface area is 268 Å². The second-order valence-corrected chi connectivity index (χ2v) is 12.4. The average Bonchev–Trinajstić information content (AvgIpc) is 3.64. The van der Waals surface area contributed by atoms with Crippen LogP contribution in [-0.4, -0.2) is 76.2 Å². The summed E-state index contributed by atoms with van der Waals surface area (Å²) in [5, 5.41) is 17.6. The maximum absolute atomic E-state index is 14.2.